The van der Waals surface area contributed by atoms with Crippen molar-refractivity contribution in [3.8, 4) is 11.5 Å². The predicted octanol–water partition coefficient (Wildman–Crippen LogP) is 2.96. The molecule has 1 unspecified atom stereocenters. The highest BCUT2D eigenvalue weighted by Gasteiger charge is 2.23. The molecular formula is C19H23BrN2O5S. The predicted molar refractivity (Wildman–Crippen MR) is 110 cm³/mol. The Morgan fingerprint density at radius 3 is 2.29 bits per heavy atom. The minimum Gasteiger partial charge on any atom is -0.493 e. The van der Waals surface area contributed by atoms with Crippen molar-refractivity contribution in [3.63, 3.8) is 0 Å². The number of hydrogen-bond donors (Lipinski definition) is 1. The van der Waals surface area contributed by atoms with Gasteiger partial charge in [-0.05, 0) is 48.9 Å². The highest BCUT2D eigenvalue weighted by atomic mass is 79.9. The van der Waals surface area contributed by atoms with Crippen LogP contribution in [0.4, 0.5) is 0 Å². The quantitative estimate of drug-likeness (QED) is 0.640. The molecule has 0 aliphatic carbocycles. The lowest BCUT2D eigenvalue weighted by Crippen LogP contribution is -2.39. The van der Waals surface area contributed by atoms with Gasteiger partial charge in [-0.3, -0.25) is 4.79 Å². The highest BCUT2D eigenvalue weighted by Crippen LogP contribution is 2.29. The molecule has 152 valence electrons. The van der Waals surface area contributed by atoms with Crippen LogP contribution in [0.2, 0.25) is 0 Å². The molecule has 1 N–H and O–H groups in total. The molecule has 9 heteroatoms. The van der Waals surface area contributed by atoms with E-state index in [2.05, 4.69) is 21.2 Å². The molecule has 28 heavy (non-hydrogen) atoms. The zero-order valence-electron chi connectivity index (χ0n) is 16.1. The van der Waals surface area contributed by atoms with Crippen molar-refractivity contribution >= 4 is 31.9 Å². The minimum atomic E-state index is -3.76. The van der Waals surface area contributed by atoms with Crippen molar-refractivity contribution in [1.29, 1.82) is 0 Å². The molecule has 0 aliphatic heterocycles. The molecule has 1 amide bonds. The van der Waals surface area contributed by atoms with Crippen molar-refractivity contribution < 1.29 is 22.7 Å². The van der Waals surface area contributed by atoms with E-state index in [4.69, 9.17) is 9.47 Å². The topological polar surface area (TPSA) is 84.9 Å². The molecule has 0 radical (unpaired) electrons. The van der Waals surface area contributed by atoms with Gasteiger partial charge in [-0.25, -0.2) is 8.42 Å². The summed E-state index contributed by atoms with van der Waals surface area (Å²) < 4.78 is 37.4. The first kappa shape index (κ1) is 22.2. The monoisotopic (exact) mass is 470 g/mol. The number of ether oxygens (including phenoxy) is 2. The standard InChI is InChI=1S/C19H23BrN2O5S/c1-13(14-5-10-17(26-3)18(11-14)27-4)21-19(23)12-22(2)28(24,25)16-8-6-15(20)7-9-16/h5-11,13H,12H2,1-4H3,(H,21,23). The van der Waals surface area contributed by atoms with Gasteiger partial charge in [0.05, 0.1) is 31.7 Å². The number of nitrogens with one attached hydrogen (secondary N) is 1. The summed E-state index contributed by atoms with van der Waals surface area (Å²) in [6, 6.07) is 11.2. The first-order valence-electron chi connectivity index (χ1n) is 8.42. The van der Waals surface area contributed by atoms with Gasteiger partial charge >= 0.3 is 0 Å². The van der Waals surface area contributed by atoms with Crippen LogP contribution in [0.3, 0.4) is 0 Å². The summed E-state index contributed by atoms with van der Waals surface area (Å²) in [5, 5.41) is 2.80. The molecular weight excluding hydrogens is 448 g/mol. The van der Waals surface area contributed by atoms with Crippen molar-refractivity contribution in [2.45, 2.75) is 17.9 Å². The first-order valence-corrected chi connectivity index (χ1v) is 10.7. The SMILES string of the molecule is COc1ccc(C(C)NC(=O)CN(C)S(=O)(=O)c2ccc(Br)cc2)cc1OC. The maximum atomic E-state index is 12.6. The van der Waals surface area contributed by atoms with Gasteiger partial charge in [-0.15, -0.1) is 0 Å². The Hall–Kier alpha value is -2.10. The summed E-state index contributed by atoms with van der Waals surface area (Å²) >= 11 is 3.27. The third kappa shape index (κ3) is 5.24. The molecule has 0 saturated heterocycles. The number of likely N-dealkylation sites (N-methyl/N-ethyl adjacent to an activating group) is 1. The van der Waals surface area contributed by atoms with Gasteiger partial charge in [0.25, 0.3) is 0 Å². The molecule has 0 aromatic heterocycles. The lowest BCUT2D eigenvalue weighted by molar-refractivity contribution is -0.121. The van der Waals surface area contributed by atoms with E-state index in [1.807, 2.05) is 13.0 Å². The van der Waals surface area contributed by atoms with E-state index >= 15 is 0 Å². The van der Waals surface area contributed by atoms with E-state index in [0.29, 0.717) is 11.5 Å². The number of carbonyl (C=O) groups excluding carboxylic acids is 1. The van der Waals surface area contributed by atoms with E-state index in [1.54, 1.807) is 31.4 Å². The minimum absolute atomic E-state index is 0.124. The van der Waals surface area contributed by atoms with E-state index < -0.39 is 15.9 Å². The maximum absolute atomic E-state index is 12.6. The fourth-order valence-corrected chi connectivity index (χ4v) is 3.96. The zero-order valence-corrected chi connectivity index (χ0v) is 18.5. The van der Waals surface area contributed by atoms with Crippen molar-refractivity contribution in [1.82, 2.24) is 9.62 Å². The van der Waals surface area contributed by atoms with Crippen LogP contribution in [-0.2, 0) is 14.8 Å². The van der Waals surface area contributed by atoms with E-state index in [1.165, 1.54) is 26.3 Å². The van der Waals surface area contributed by atoms with Crippen LogP contribution in [0.5, 0.6) is 11.5 Å². The number of nitrogens with zero attached hydrogens (tertiary/aromatic N) is 1. The van der Waals surface area contributed by atoms with Crippen LogP contribution >= 0.6 is 15.9 Å². The second kappa shape index (κ2) is 9.40. The third-order valence-corrected chi connectivity index (χ3v) is 6.52. The van der Waals surface area contributed by atoms with Crippen LogP contribution in [-0.4, -0.2) is 46.4 Å². The molecule has 0 saturated carbocycles. The number of amides is 1. The van der Waals surface area contributed by atoms with Crippen LogP contribution < -0.4 is 14.8 Å². The molecule has 1 atom stereocenters. The van der Waals surface area contributed by atoms with Gasteiger partial charge < -0.3 is 14.8 Å². The van der Waals surface area contributed by atoms with Crippen LogP contribution in [0.15, 0.2) is 51.8 Å². The van der Waals surface area contributed by atoms with Gasteiger partial charge in [0.1, 0.15) is 0 Å². The second-order valence-electron chi connectivity index (χ2n) is 6.12. The van der Waals surface area contributed by atoms with Gasteiger partial charge in [-0.1, -0.05) is 22.0 Å². The Morgan fingerprint density at radius 2 is 1.71 bits per heavy atom. The Morgan fingerprint density at radius 1 is 1.11 bits per heavy atom. The summed E-state index contributed by atoms with van der Waals surface area (Å²) in [6.07, 6.45) is 0. The van der Waals surface area contributed by atoms with Crippen molar-refractivity contribution in [2.75, 3.05) is 27.8 Å². The number of benzene rings is 2. The van der Waals surface area contributed by atoms with Crippen molar-refractivity contribution in [2.24, 2.45) is 0 Å². The fourth-order valence-electron chi connectivity index (χ4n) is 2.57. The summed E-state index contributed by atoms with van der Waals surface area (Å²) in [5.41, 5.74) is 0.810. The Bertz CT molecular complexity index is 932. The second-order valence-corrected chi connectivity index (χ2v) is 9.08. The number of rotatable bonds is 8. The number of carbonyl (C=O) groups is 1. The third-order valence-electron chi connectivity index (χ3n) is 4.17. The average molecular weight is 471 g/mol. The summed E-state index contributed by atoms with van der Waals surface area (Å²) in [4.78, 5) is 12.5. The molecule has 2 aromatic carbocycles. The summed E-state index contributed by atoms with van der Waals surface area (Å²) in [6.45, 7) is 1.51. The van der Waals surface area contributed by atoms with Gasteiger partial charge in [0, 0.05) is 11.5 Å². The fraction of sp³-hybridized carbons (Fsp3) is 0.316. The highest BCUT2D eigenvalue weighted by molar-refractivity contribution is 9.10. The smallest absolute Gasteiger partial charge is 0.243 e. The lowest BCUT2D eigenvalue weighted by Gasteiger charge is -2.20. The molecule has 7 nitrogen and oxygen atoms in total. The molecule has 0 fully saturated rings. The van der Waals surface area contributed by atoms with Crippen LogP contribution in [0, 0.1) is 0 Å². The number of methoxy groups -OCH3 is 2. The molecule has 0 heterocycles. The van der Waals surface area contributed by atoms with Crippen LogP contribution in [0.25, 0.3) is 0 Å². The molecule has 2 rings (SSSR count). The first-order chi connectivity index (χ1) is 13.2. The molecule has 0 spiro atoms. The number of hydrogen-bond acceptors (Lipinski definition) is 5. The Balaban J connectivity index is 2.05. The molecule has 2 aromatic rings. The Labute approximate surface area is 173 Å². The largest absolute Gasteiger partial charge is 0.493 e. The number of halogens is 1. The lowest BCUT2D eigenvalue weighted by atomic mass is 10.1. The average Bonchev–Trinajstić information content (AvgIpc) is 2.67. The normalized spacial score (nSPS) is 12.5. The van der Waals surface area contributed by atoms with Crippen molar-refractivity contribution in [3.05, 3.63) is 52.5 Å². The van der Waals surface area contributed by atoms with Crippen LogP contribution in [0.1, 0.15) is 18.5 Å². The Kier molecular flexibility index (Phi) is 7.45. The van der Waals surface area contributed by atoms with E-state index in [-0.39, 0.29) is 17.5 Å². The summed E-state index contributed by atoms with van der Waals surface area (Å²) in [5.74, 6) is 0.728. The zero-order chi connectivity index (χ0) is 20.9. The maximum Gasteiger partial charge on any atom is 0.243 e. The van der Waals surface area contributed by atoms with E-state index in [0.717, 1.165) is 14.3 Å². The van der Waals surface area contributed by atoms with E-state index in [9.17, 15) is 13.2 Å². The van der Waals surface area contributed by atoms with Gasteiger partial charge in [0.2, 0.25) is 15.9 Å². The number of sulfonamides is 1. The molecule has 0 bridgehead atoms. The molecule has 0 aliphatic rings. The summed E-state index contributed by atoms with van der Waals surface area (Å²) in [7, 11) is 0.698. The van der Waals surface area contributed by atoms with Gasteiger partial charge in [0.15, 0.2) is 11.5 Å². The van der Waals surface area contributed by atoms with Gasteiger partial charge in [-0.2, -0.15) is 4.31 Å².